The number of nitrogens with zero attached hydrogens (tertiary/aromatic N) is 1. The fourth-order valence-corrected chi connectivity index (χ4v) is 4.24. The van der Waals surface area contributed by atoms with Crippen molar-refractivity contribution in [2.75, 3.05) is 18.1 Å². The highest BCUT2D eigenvalue weighted by Gasteiger charge is 2.49. The largest absolute Gasteiger partial charge is 0.376 e. The smallest absolute Gasteiger partial charge is 0.253 e. The standard InChI is InChI=1S/C21H24N2O4/c1-13-8-9-15-17(11-13)21(26)23(20(15)25)18-7-3-2-6-16(18)19(24)22-12-14-5-4-10-27-14/h2-3,6-8,14-15,17H,4-5,9-12H2,1H3,(H,22,24)/t14-,15+,17+/m1/s1. The third-order valence-electron chi connectivity index (χ3n) is 5.73. The molecule has 1 N–H and O–H groups in total. The Morgan fingerprint density at radius 1 is 1.22 bits per heavy atom. The van der Waals surface area contributed by atoms with Crippen LogP contribution in [0.2, 0.25) is 0 Å². The van der Waals surface area contributed by atoms with E-state index in [-0.39, 0.29) is 35.7 Å². The molecule has 0 radical (unpaired) electrons. The molecular weight excluding hydrogens is 344 g/mol. The molecule has 0 saturated carbocycles. The zero-order chi connectivity index (χ0) is 19.0. The third-order valence-corrected chi connectivity index (χ3v) is 5.73. The first-order valence-electron chi connectivity index (χ1n) is 9.58. The molecule has 27 heavy (non-hydrogen) atoms. The summed E-state index contributed by atoms with van der Waals surface area (Å²) >= 11 is 0. The zero-order valence-electron chi connectivity index (χ0n) is 15.4. The van der Waals surface area contributed by atoms with Crippen LogP contribution in [0, 0.1) is 11.8 Å². The number of amides is 3. The lowest BCUT2D eigenvalue weighted by molar-refractivity contribution is -0.122. The molecule has 0 aromatic heterocycles. The van der Waals surface area contributed by atoms with E-state index in [0.717, 1.165) is 25.0 Å². The lowest BCUT2D eigenvalue weighted by Crippen LogP contribution is -2.36. The summed E-state index contributed by atoms with van der Waals surface area (Å²) in [5.74, 6) is -1.31. The highest BCUT2D eigenvalue weighted by molar-refractivity contribution is 6.24. The van der Waals surface area contributed by atoms with E-state index < -0.39 is 0 Å². The van der Waals surface area contributed by atoms with Crippen LogP contribution in [0.15, 0.2) is 35.9 Å². The summed E-state index contributed by atoms with van der Waals surface area (Å²) in [7, 11) is 0. The summed E-state index contributed by atoms with van der Waals surface area (Å²) < 4.78 is 5.54. The van der Waals surface area contributed by atoms with Gasteiger partial charge in [0.1, 0.15) is 0 Å². The Kier molecular flexibility index (Phi) is 4.83. The van der Waals surface area contributed by atoms with E-state index in [2.05, 4.69) is 5.32 Å². The van der Waals surface area contributed by atoms with E-state index in [1.807, 2.05) is 13.0 Å². The van der Waals surface area contributed by atoms with Gasteiger partial charge in [0.05, 0.1) is 29.2 Å². The number of carbonyl (C=O) groups excluding carboxylic acids is 3. The lowest BCUT2D eigenvalue weighted by Gasteiger charge is -2.19. The van der Waals surface area contributed by atoms with Crippen LogP contribution in [0.1, 0.15) is 43.0 Å². The molecule has 6 heteroatoms. The first-order valence-corrected chi connectivity index (χ1v) is 9.58. The summed E-state index contributed by atoms with van der Waals surface area (Å²) in [6.07, 6.45) is 5.21. The highest BCUT2D eigenvalue weighted by Crippen LogP contribution is 2.40. The maximum Gasteiger partial charge on any atom is 0.253 e. The topological polar surface area (TPSA) is 75.7 Å². The van der Waals surface area contributed by atoms with Gasteiger partial charge in [-0.2, -0.15) is 0 Å². The Hall–Kier alpha value is -2.47. The molecule has 1 aromatic rings. The Labute approximate surface area is 158 Å². The van der Waals surface area contributed by atoms with Gasteiger partial charge in [0.25, 0.3) is 5.91 Å². The molecule has 4 rings (SSSR count). The number of anilines is 1. The highest BCUT2D eigenvalue weighted by atomic mass is 16.5. The van der Waals surface area contributed by atoms with Crippen molar-refractivity contribution in [3.05, 3.63) is 41.5 Å². The molecule has 3 aliphatic rings. The van der Waals surface area contributed by atoms with Gasteiger partial charge in [0.15, 0.2) is 0 Å². The maximum atomic E-state index is 13.0. The predicted molar refractivity (Wildman–Crippen MR) is 100 cm³/mol. The molecule has 0 bridgehead atoms. The first-order chi connectivity index (χ1) is 13.1. The fraction of sp³-hybridized carbons (Fsp3) is 0.476. The molecule has 2 fully saturated rings. The maximum absolute atomic E-state index is 13.0. The molecule has 3 atom stereocenters. The number of benzene rings is 1. The van der Waals surface area contributed by atoms with Crippen LogP contribution in [-0.4, -0.2) is 37.0 Å². The molecule has 1 aliphatic carbocycles. The second-order valence-corrected chi connectivity index (χ2v) is 7.58. The number of fused-ring (bicyclic) bond motifs is 1. The molecule has 2 aliphatic heterocycles. The van der Waals surface area contributed by atoms with Gasteiger partial charge in [-0.05, 0) is 44.7 Å². The fourth-order valence-electron chi connectivity index (χ4n) is 4.24. The molecule has 2 heterocycles. The number of ether oxygens (including phenoxy) is 1. The first kappa shape index (κ1) is 17.9. The van der Waals surface area contributed by atoms with Gasteiger partial charge in [-0.15, -0.1) is 0 Å². The molecular formula is C21H24N2O4. The van der Waals surface area contributed by atoms with Gasteiger partial charge in [0.2, 0.25) is 11.8 Å². The van der Waals surface area contributed by atoms with Gasteiger partial charge < -0.3 is 10.1 Å². The van der Waals surface area contributed by atoms with E-state index in [1.54, 1.807) is 24.3 Å². The SMILES string of the molecule is CC1=CC[C@@H]2C(=O)N(c3ccccc3C(=O)NC[C@H]3CCCO3)C(=O)[C@H]2C1. The van der Waals surface area contributed by atoms with Crippen LogP contribution in [0.5, 0.6) is 0 Å². The summed E-state index contributed by atoms with van der Waals surface area (Å²) in [6.45, 7) is 3.15. The van der Waals surface area contributed by atoms with Crippen LogP contribution in [-0.2, 0) is 14.3 Å². The van der Waals surface area contributed by atoms with Crippen molar-refractivity contribution in [1.82, 2.24) is 5.32 Å². The molecule has 0 unspecified atom stereocenters. The van der Waals surface area contributed by atoms with Gasteiger partial charge in [0, 0.05) is 13.2 Å². The minimum absolute atomic E-state index is 0.0353. The second-order valence-electron chi connectivity index (χ2n) is 7.58. The van der Waals surface area contributed by atoms with Crippen molar-refractivity contribution in [3.63, 3.8) is 0 Å². The van der Waals surface area contributed by atoms with Gasteiger partial charge >= 0.3 is 0 Å². The number of nitrogens with one attached hydrogen (secondary N) is 1. The summed E-state index contributed by atoms with van der Waals surface area (Å²) in [6, 6.07) is 6.83. The summed E-state index contributed by atoms with van der Waals surface area (Å²) in [4.78, 5) is 39.8. The van der Waals surface area contributed by atoms with E-state index in [0.29, 0.717) is 30.6 Å². The van der Waals surface area contributed by atoms with Crippen molar-refractivity contribution in [3.8, 4) is 0 Å². The number of hydrogen-bond acceptors (Lipinski definition) is 4. The Balaban J connectivity index is 1.56. The van der Waals surface area contributed by atoms with E-state index >= 15 is 0 Å². The van der Waals surface area contributed by atoms with Crippen LogP contribution < -0.4 is 10.2 Å². The summed E-state index contributed by atoms with van der Waals surface area (Å²) in [5.41, 5.74) is 1.87. The average molecular weight is 368 g/mol. The van der Waals surface area contributed by atoms with Gasteiger partial charge in [-0.1, -0.05) is 23.8 Å². The number of hydrogen-bond donors (Lipinski definition) is 1. The number of para-hydroxylation sites is 1. The Morgan fingerprint density at radius 2 is 2.00 bits per heavy atom. The normalized spacial score (nSPS) is 27.5. The Morgan fingerprint density at radius 3 is 2.78 bits per heavy atom. The monoisotopic (exact) mass is 368 g/mol. The molecule has 142 valence electrons. The number of carbonyl (C=O) groups is 3. The molecule has 2 saturated heterocycles. The van der Waals surface area contributed by atoms with Crippen molar-refractivity contribution in [2.45, 2.75) is 38.7 Å². The number of imide groups is 1. The zero-order valence-corrected chi connectivity index (χ0v) is 15.4. The molecule has 6 nitrogen and oxygen atoms in total. The summed E-state index contributed by atoms with van der Waals surface area (Å²) in [5, 5.41) is 2.88. The van der Waals surface area contributed by atoms with Crippen molar-refractivity contribution in [2.24, 2.45) is 11.8 Å². The number of allylic oxidation sites excluding steroid dienone is 2. The Bertz CT molecular complexity index is 810. The van der Waals surface area contributed by atoms with Crippen molar-refractivity contribution < 1.29 is 19.1 Å². The minimum atomic E-state index is -0.316. The molecule has 1 aromatic carbocycles. The van der Waals surface area contributed by atoms with Gasteiger partial charge in [-0.25, -0.2) is 4.90 Å². The van der Waals surface area contributed by atoms with Crippen LogP contribution in [0.3, 0.4) is 0 Å². The molecule has 0 spiro atoms. The van der Waals surface area contributed by atoms with Crippen LogP contribution in [0.25, 0.3) is 0 Å². The van der Waals surface area contributed by atoms with E-state index in [4.69, 9.17) is 4.74 Å². The van der Waals surface area contributed by atoms with Crippen LogP contribution >= 0.6 is 0 Å². The average Bonchev–Trinajstić information content (AvgIpc) is 3.27. The predicted octanol–water partition coefficient (Wildman–Crippen LogP) is 2.44. The lowest BCUT2D eigenvalue weighted by atomic mass is 9.82. The van der Waals surface area contributed by atoms with E-state index in [9.17, 15) is 14.4 Å². The van der Waals surface area contributed by atoms with Crippen molar-refractivity contribution in [1.29, 1.82) is 0 Å². The van der Waals surface area contributed by atoms with Crippen LogP contribution in [0.4, 0.5) is 5.69 Å². The third kappa shape index (κ3) is 3.30. The van der Waals surface area contributed by atoms with Crippen molar-refractivity contribution >= 4 is 23.4 Å². The minimum Gasteiger partial charge on any atom is -0.376 e. The van der Waals surface area contributed by atoms with E-state index in [1.165, 1.54) is 4.90 Å². The second kappa shape index (κ2) is 7.27. The van der Waals surface area contributed by atoms with Gasteiger partial charge in [-0.3, -0.25) is 14.4 Å². The quantitative estimate of drug-likeness (QED) is 0.654. The number of rotatable bonds is 4. The molecule has 3 amide bonds.